The maximum absolute atomic E-state index is 9.13. The number of allylic oxidation sites excluding steroid dienone is 4. The van der Waals surface area contributed by atoms with Crippen LogP contribution >= 0.6 is 0 Å². The maximum atomic E-state index is 9.13. The van der Waals surface area contributed by atoms with Crippen molar-refractivity contribution < 1.29 is 5.21 Å². The third-order valence-electron chi connectivity index (χ3n) is 4.48. The number of hydrogen-bond donors (Lipinski definition) is 1. The van der Waals surface area contributed by atoms with Crippen molar-refractivity contribution in [3.63, 3.8) is 0 Å². The van der Waals surface area contributed by atoms with Crippen LogP contribution in [0.4, 0.5) is 0 Å². The SMILES string of the molecule is CC(C)=C1C2CCC1C1=C2CCC/C1=N\O. The van der Waals surface area contributed by atoms with E-state index in [0.717, 1.165) is 18.6 Å². The zero-order valence-corrected chi connectivity index (χ0v) is 10.1. The van der Waals surface area contributed by atoms with Crippen LogP contribution in [0.25, 0.3) is 0 Å². The van der Waals surface area contributed by atoms with Gasteiger partial charge in [0.15, 0.2) is 0 Å². The Kier molecular flexibility index (Phi) is 2.20. The Bertz CT molecular complexity index is 424. The Morgan fingerprint density at radius 1 is 1.19 bits per heavy atom. The fourth-order valence-electron chi connectivity index (χ4n) is 4.04. The van der Waals surface area contributed by atoms with Gasteiger partial charge in [-0.05, 0) is 51.5 Å². The monoisotopic (exact) mass is 217 g/mol. The van der Waals surface area contributed by atoms with Crippen molar-refractivity contribution in [2.24, 2.45) is 17.0 Å². The second kappa shape index (κ2) is 3.47. The number of hydrogen-bond acceptors (Lipinski definition) is 2. The second-order valence-electron chi connectivity index (χ2n) is 5.48. The Labute approximate surface area is 96.7 Å². The summed E-state index contributed by atoms with van der Waals surface area (Å²) in [4.78, 5) is 0. The summed E-state index contributed by atoms with van der Waals surface area (Å²) in [6.45, 7) is 4.46. The van der Waals surface area contributed by atoms with E-state index in [9.17, 15) is 0 Å². The Hall–Kier alpha value is -1.05. The van der Waals surface area contributed by atoms with E-state index in [0.29, 0.717) is 11.8 Å². The number of oxime groups is 1. The molecular weight excluding hydrogens is 198 g/mol. The minimum atomic E-state index is 0.594. The lowest BCUT2D eigenvalue weighted by molar-refractivity contribution is 0.316. The van der Waals surface area contributed by atoms with E-state index in [4.69, 9.17) is 5.21 Å². The van der Waals surface area contributed by atoms with Gasteiger partial charge in [0.25, 0.3) is 0 Å². The van der Waals surface area contributed by atoms with Gasteiger partial charge in [-0.15, -0.1) is 0 Å². The lowest BCUT2D eigenvalue weighted by atomic mass is 9.81. The molecule has 1 fully saturated rings. The molecule has 0 radical (unpaired) electrons. The van der Waals surface area contributed by atoms with Crippen LogP contribution in [0.5, 0.6) is 0 Å². The normalized spacial score (nSPS) is 34.9. The van der Waals surface area contributed by atoms with Gasteiger partial charge in [-0.3, -0.25) is 0 Å². The Balaban J connectivity index is 2.12. The fourth-order valence-corrected chi connectivity index (χ4v) is 4.04. The molecule has 0 heterocycles. The van der Waals surface area contributed by atoms with Crippen LogP contribution < -0.4 is 0 Å². The summed E-state index contributed by atoms with van der Waals surface area (Å²) >= 11 is 0. The molecule has 3 aliphatic carbocycles. The first-order valence-corrected chi connectivity index (χ1v) is 6.35. The van der Waals surface area contributed by atoms with Gasteiger partial charge in [-0.25, -0.2) is 0 Å². The molecule has 3 rings (SSSR count). The molecule has 3 aliphatic rings. The van der Waals surface area contributed by atoms with Crippen molar-refractivity contribution in [2.75, 3.05) is 0 Å². The summed E-state index contributed by atoms with van der Waals surface area (Å²) in [5.74, 6) is 1.29. The lowest BCUT2D eigenvalue weighted by Crippen LogP contribution is -2.17. The highest BCUT2D eigenvalue weighted by Gasteiger charge is 2.46. The lowest BCUT2D eigenvalue weighted by Gasteiger charge is -2.24. The quantitative estimate of drug-likeness (QED) is 0.375. The van der Waals surface area contributed by atoms with E-state index in [1.807, 2.05) is 0 Å². The van der Waals surface area contributed by atoms with Crippen molar-refractivity contribution in [2.45, 2.75) is 46.0 Å². The summed E-state index contributed by atoms with van der Waals surface area (Å²) in [5.41, 5.74) is 7.13. The van der Waals surface area contributed by atoms with Gasteiger partial charge in [0.2, 0.25) is 0 Å². The average molecular weight is 217 g/mol. The maximum Gasteiger partial charge on any atom is 0.0833 e. The first kappa shape index (κ1) is 10.1. The van der Waals surface area contributed by atoms with E-state index < -0.39 is 0 Å². The van der Waals surface area contributed by atoms with Crippen molar-refractivity contribution in [3.8, 4) is 0 Å². The third-order valence-corrected chi connectivity index (χ3v) is 4.48. The molecule has 0 saturated heterocycles. The Morgan fingerprint density at radius 2 is 1.94 bits per heavy atom. The van der Waals surface area contributed by atoms with Crippen LogP contribution in [0.3, 0.4) is 0 Å². The molecule has 2 nitrogen and oxygen atoms in total. The molecule has 2 unspecified atom stereocenters. The molecule has 1 N–H and O–H groups in total. The van der Waals surface area contributed by atoms with Crippen molar-refractivity contribution in [3.05, 3.63) is 22.3 Å². The molecule has 86 valence electrons. The third kappa shape index (κ3) is 1.16. The van der Waals surface area contributed by atoms with Crippen LogP contribution in [-0.2, 0) is 0 Å². The van der Waals surface area contributed by atoms with Crippen molar-refractivity contribution in [1.29, 1.82) is 0 Å². The highest BCUT2D eigenvalue weighted by Crippen LogP contribution is 2.56. The summed E-state index contributed by atoms with van der Waals surface area (Å²) in [6, 6.07) is 0. The first-order valence-electron chi connectivity index (χ1n) is 6.35. The molecule has 0 spiro atoms. The van der Waals surface area contributed by atoms with Gasteiger partial charge in [0, 0.05) is 11.8 Å². The zero-order chi connectivity index (χ0) is 11.3. The molecule has 2 bridgehead atoms. The highest BCUT2D eigenvalue weighted by atomic mass is 16.4. The van der Waals surface area contributed by atoms with E-state index >= 15 is 0 Å². The van der Waals surface area contributed by atoms with E-state index in [1.165, 1.54) is 30.4 Å². The van der Waals surface area contributed by atoms with Crippen LogP contribution in [-0.4, -0.2) is 10.9 Å². The molecular formula is C14H19NO. The summed E-state index contributed by atoms with van der Waals surface area (Å²) < 4.78 is 0. The molecule has 2 heteroatoms. The number of rotatable bonds is 0. The summed E-state index contributed by atoms with van der Waals surface area (Å²) in [5, 5.41) is 12.7. The van der Waals surface area contributed by atoms with Crippen LogP contribution in [0, 0.1) is 11.8 Å². The van der Waals surface area contributed by atoms with Crippen LogP contribution in [0.15, 0.2) is 27.4 Å². The largest absolute Gasteiger partial charge is 0.411 e. The minimum absolute atomic E-state index is 0.594. The predicted octanol–water partition coefficient (Wildman–Crippen LogP) is 3.67. The fraction of sp³-hybridized carbons (Fsp3) is 0.643. The number of fused-ring (bicyclic) bond motifs is 4. The van der Waals surface area contributed by atoms with Gasteiger partial charge < -0.3 is 5.21 Å². The minimum Gasteiger partial charge on any atom is -0.411 e. The molecule has 0 amide bonds. The number of nitrogens with zero attached hydrogens (tertiary/aromatic N) is 1. The smallest absolute Gasteiger partial charge is 0.0833 e. The molecule has 0 aromatic heterocycles. The highest BCUT2D eigenvalue weighted by molar-refractivity contribution is 6.03. The summed E-state index contributed by atoms with van der Waals surface area (Å²) in [7, 11) is 0. The van der Waals surface area contributed by atoms with E-state index in [1.54, 1.807) is 11.1 Å². The van der Waals surface area contributed by atoms with E-state index in [2.05, 4.69) is 19.0 Å². The van der Waals surface area contributed by atoms with Gasteiger partial charge in [-0.1, -0.05) is 21.9 Å². The molecule has 0 aromatic rings. The van der Waals surface area contributed by atoms with Gasteiger partial charge in [0.05, 0.1) is 5.71 Å². The topological polar surface area (TPSA) is 32.6 Å². The van der Waals surface area contributed by atoms with Crippen molar-refractivity contribution in [1.82, 2.24) is 0 Å². The standard InChI is InChI=1S/C14H19NO/c1-8(2)13-10-6-7-11(13)14-9(10)4-3-5-12(14)15-16/h10-11,16H,3-7H2,1-2H3/b15-12+. The zero-order valence-electron chi connectivity index (χ0n) is 10.1. The second-order valence-corrected chi connectivity index (χ2v) is 5.48. The van der Waals surface area contributed by atoms with Gasteiger partial charge >= 0.3 is 0 Å². The molecule has 2 atom stereocenters. The van der Waals surface area contributed by atoms with Crippen LogP contribution in [0.2, 0.25) is 0 Å². The average Bonchev–Trinajstić information content (AvgIpc) is 2.84. The Morgan fingerprint density at radius 3 is 2.62 bits per heavy atom. The molecule has 0 aliphatic heterocycles. The molecule has 0 aromatic carbocycles. The summed E-state index contributed by atoms with van der Waals surface area (Å²) in [6.07, 6.45) is 5.95. The van der Waals surface area contributed by atoms with Gasteiger partial charge in [-0.2, -0.15) is 0 Å². The van der Waals surface area contributed by atoms with Gasteiger partial charge in [0.1, 0.15) is 0 Å². The molecule has 16 heavy (non-hydrogen) atoms. The predicted molar refractivity (Wildman–Crippen MR) is 64.7 cm³/mol. The van der Waals surface area contributed by atoms with Crippen molar-refractivity contribution >= 4 is 5.71 Å². The first-order chi connectivity index (χ1) is 7.74. The van der Waals surface area contributed by atoms with Crippen LogP contribution in [0.1, 0.15) is 46.0 Å². The van der Waals surface area contributed by atoms with E-state index in [-0.39, 0.29) is 0 Å². The molecule has 1 saturated carbocycles.